The molecule has 12 heteroatoms. The monoisotopic (exact) mass is 498 g/mol. The third-order valence-corrected chi connectivity index (χ3v) is 5.80. The number of amides is 1. The first-order chi connectivity index (χ1) is 16.6. The molecular weight excluding hydrogens is 472 g/mol. The molecule has 35 heavy (non-hydrogen) atoms. The van der Waals surface area contributed by atoms with E-state index < -0.39 is 10.0 Å². The first-order valence-corrected chi connectivity index (χ1v) is 11.8. The molecule has 1 heterocycles. The predicted molar refractivity (Wildman–Crippen MR) is 134 cm³/mol. The van der Waals surface area contributed by atoms with Crippen LogP contribution in [0, 0.1) is 13.8 Å². The van der Waals surface area contributed by atoms with Gasteiger partial charge in [0, 0.05) is 47.9 Å². The summed E-state index contributed by atoms with van der Waals surface area (Å²) in [6.45, 7) is 4.95. The second-order valence-corrected chi connectivity index (χ2v) is 9.05. The van der Waals surface area contributed by atoms with Gasteiger partial charge in [0.1, 0.15) is 11.5 Å². The van der Waals surface area contributed by atoms with Crippen molar-refractivity contribution >= 4 is 39.2 Å². The largest absolute Gasteiger partial charge is 0.497 e. The van der Waals surface area contributed by atoms with E-state index in [1.807, 2.05) is 0 Å². The van der Waals surface area contributed by atoms with Crippen molar-refractivity contribution < 1.29 is 22.7 Å². The lowest BCUT2D eigenvalue weighted by Crippen LogP contribution is -2.25. The van der Waals surface area contributed by atoms with Crippen molar-refractivity contribution in [3.8, 4) is 11.5 Å². The van der Waals surface area contributed by atoms with E-state index in [2.05, 4.69) is 30.3 Å². The number of carbonyl (C=O) groups excluding carboxylic acids is 1. The number of methoxy groups -OCH3 is 2. The van der Waals surface area contributed by atoms with Crippen LogP contribution in [0.5, 0.6) is 11.5 Å². The van der Waals surface area contributed by atoms with Crippen LogP contribution in [0.15, 0.2) is 57.8 Å². The fourth-order valence-corrected chi connectivity index (χ4v) is 3.98. The number of nitrogens with one attached hydrogen (secondary N) is 3. The topological polar surface area (TPSA) is 144 Å². The lowest BCUT2D eigenvalue weighted by molar-refractivity contribution is -0.114. The molecule has 0 unspecified atom stereocenters. The number of hydrogen-bond acceptors (Lipinski definition) is 7. The van der Waals surface area contributed by atoms with E-state index in [0.29, 0.717) is 34.3 Å². The molecule has 0 aliphatic carbocycles. The SMILES string of the molecule is COc1cc(N/C(=N/S(=O)(=O)c2ccc(NC(C)=O)cc2)Nc2nc(C)cc(C)n2)cc(OC)c1. The van der Waals surface area contributed by atoms with Gasteiger partial charge in [0.25, 0.3) is 10.0 Å². The Hall–Kier alpha value is -4.19. The highest BCUT2D eigenvalue weighted by Gasteiger charge is 2.17. The molecule has 3 rings (SSSR count). The lowest BCUT2D eigenvalue weighted by Gasteiger charge is -2.14. The first-order valence-electron chi connectivity index (χ1n) is 10.4. The number of nitrogens with zero attached hydrogens (tertiary/aromatic N) is 3. The van der Waals surface area contributed by atoms with Crippen molar-refractivity contribution in [2.24, 2.45) is 4.40 Å². The third kappa shape index (κ3) is 7.14. The zero-order valence-corrected chi connectivity index (χ0v) is 20.7. The van der Waals surface area contributed by atoms with Gasteiger partial charge in [-0.15, -0.1) is 4.40 Å². The highest BCUT2D eigenvalue weighted by atomic mass is 32.2. The van der Waals surface area contributed by atoms with Gasteiger partial charge in [-0.05, 0) is 44.2 Å². The summed E-state index contributed by atoms with van der Waals surface area (Å²) >= 11 is 0. The van der Waals surface area contributed by atoms with Crippen LogP contribution in [0.3, 0.4) is 0 Å². The van der Waals surface area contributed by atoms with Gasteiger partial charge in [-0.25, -0.2) is 9.97 Å². The van der Waals surface area contributed by atoms with Crippen LogP contribution in [-0.4, -0.2) is 44.5 Å². The summed E-state index contributed by atoms with van der Waals surface area (Å²) in [5.74, 6) is 0.739. The smallest absolute Gasteiger partial charge is 0.285 e. The molecule has 0 fully saturated rings. The van der Waals surface area contributed by atoms with Crippen LogP contribution in [0.25, 0.3) is 0 Å². The minimum atomic E-state index is -4.16. The minimum absolute atomic E-state index is 0.0720. The van der Waals surface area contributed by atoms with Crippen molar-refractivity contribution in [2.75, 3.05) is 30.2 Å². The molecule has 0 atom stereocenters. The average molecular weight is 499 g/mol. The van der Waals surface area contributed by atoms with Gasteiger partial charge in [-0.2, -0.15) is 8.42 Å². The molecule has 0 saturated carbocycles. The van der Waals surface area contributed by atoms with Crippen LogP contribution >= 0.6 is 0 Å². The molecule has 184 valence electrons. The minimum Gasteiger partial charge on any atom is -0.497 e. The predicted octanol–water partition coefficient (Wildman–Crippen LogP) is 3.34. The summed E-state index contributed by atoms with van der Waals surface area (Å²) in [5, 5.41) is 8.38. The van der Waals surface area contributed by atoms with E-state index in [9.17, 15) is 13.2 Å². The maximum absolute atomic E-state index is 13.1. The molecule has 2 aromatic carbocycles. The average Bonchev–Trinajstić information content (AvgIpc) is 2.77. The Bertz CT molecular complexity index is 1310. The number of sulfonamides is 1. The number of ether oxygens (including phenoxy) is 2. The Morgan fingerprint density at radius 1 is 0.829 bits per heavy atom. The Morgan fingerprint density at radius 3 is 1.91 bits per heavy atom. The van der Waals surface area contributed by atoms with Gasteiger partial charge in [0.05, 0.1) is 19.1 Å². The van der Waals surface area contributed by atoms with Crippen LogP contribution in [-0.2, 0) is 14.8 Å². The number of rotatable bonds is 7. The maximum Gasteiger partial charge on any atom is 0.285 e. The lowest BCUT2D eigenvalue weighted by atomic mass is 10.3. The molecule has 0 aliphatic heterocycles. The van der Waals surface area contributed by atoms with Gasteiger partial charge in [-0.3, -0.25) is 10.1 Å². The fourth-order valence-electron chi connectivity index (χ4n) is 3.07. The van der Waals surface area contributed by atoms with Crippen LogP contribution in [0.4, 0.5) is 17.3 Å². The highest BCUT2D eigenvalue weighted by Crippen LogP contribution is 2.26. The molecule has 1 aromatic heterocycles. The number of aryl methyl sites for hydroxylation is 2. The summed E-state index contributed by atoms with van der Waals surface area (Å²) in [4.78, 5) is 19.8. The third-order valence-electron chi connectivity index (χ3n) is 4.51. The normalized spacial score (nSPS) is 11.5. The van der Waals surface area contributed by atoms with Crippen molar-refractivity contribution in [1.82, 2.24) is 9.97 Å². The number of hydrogen-bond donors (Lipinski definition) is 3. The summed E-state index contributed by atoms with van der Waals surface area (Å²) < 4.78 is 40.7. The van der Waals surface area contributed by atoms with Crippen molar-refractivity contribution in [1.29, 1.82) is 0 Å². The number of benzene rings is 2. The zero-order valence-electron chi connectivity index (χ0n) is 19.9. The van der Waals surface area contributed by atoms with Crippen molar-refractivity contribution in [3.63, 3.8) is 0 Å². The molecule has 1 amide bonds. The van der Waals surface area contributed by atoms with Crippen molar-refractivity contribution in [2.45, 2.75) is 25.7 Å². The molecule has 0 aliphatic rings. The Kier molecular flexibility index (Phi) is 7.87. The number of guanidine groups is 1. The van der Waals surface area contributed by atoms with Crippen LogP contribution in [0.2, 0.25) is 0 Å². The summed E-state index contributed by atoms with van der Waals surface area (Å²) in [5.41, 5.74) is 2.30. The van der Waals surface area contributed by atoms with Crippen LogP contribution < -0.4 is 25.4 Å². The number of anilines is 3. The summed E-state index contributed by atoms with van der Waals surface area (Å²) in [6, 6.07) is 12.4. The van der Waals surface area contributed by atoms with Crippen molar-refractivity contribution in [3.05, 3.63) is 59.9 Å². The van der Waals surface area contributed by atoms with Gasteiger partial charge < -0.3 is 20.1 Å². The zero-order chi connectivity index (χ0) is 25.6. The van der Waals surface area contributed by atoms with Gasteiger partial charge in [0.2, 0.25) is 17.8 Å². The molecule has 11 nitrogen and oxygen atoms in total. The first kappa shape index (κ1) is 25.4. The van der Waals surface area contributed by atoms with Gasteiger partial charge >= 0.3 is 0 Å². The standard InChI is InChI=1S/C23H26N6O5S/c1-14-10-15(2)25-22(24-14)28-23(27-18-11-19(33-4)13-20(12-18)34-5)29-35(31,32)21-8-6-17(7-9-21)26-16(3)30/h6-13H,1-5H3,(H,26,30)(H2,24,25,27,28,29). The molecular formula is C23H26N6O5S. The van der Waals surface area contributed by atoms with Gasteiger partial charge in [0.15, 0.2) is 0 Å². The molecule has 3 N–H and O–H groups in total. The Morgan fingerprint density at radius 2 is 1.40 bits per heavy atom. The number of carbonyl (C=O) groups is 1. The molecule has 0 spiro atoms. The fraction of sp³-hybridized carbons (Fsp3) is 0.217. The second-order valence-electron chi connectivity index (χ2n) is 7.45. The summed E-state index contributed by atoms with van der Waals surface area (Å²) in [7, 11) is -1.16. The quantitative estimate of drug-likeness (QED) is 0.330. The van der Waals surface area contributed by atoms with E-state index in [4.69, 9.17) is 9.47 Å². The van der Waals surface area contributed by atoms with E-state index in [1.165, 1.54) is 45.4 Å². The highest BCUT2D eigenvalue weighted by molar-refractivity contribution is 7.90. The van der Waals surface area contributed by atoms with Gasteiger partial charge in [-0.1, -0.05) is 0 Å². The van der Waals surface area contributed by atoms with E-state index in [-0.39, 0.29) is 22.7 Å². The molecule has 0 bridgehead atoms. The van der Waals surface area contributed by atoms with Crippen LogP contribution in [0.1, 0.15) is 18.3 Å². The number of aromatic nitrogens is 2. The Balaban J connectivity index is 2.01. The molecule has 0 radical (unpaired) electrons. The summed E-state index contributed by atoms with van der Waals surface area (Å²) in [6.07, 6.45) is 0. The molecule has 0 saturated heterocycles. The van der Waals surface area contributed by atoms with E-state index in [0.717, 1.165) is 0 Å². The second kappa shape index (κ2) is 10.8. The Labute approximate surface area is 203 Å². The van der Waals surface area contributed by atoms with E-state index >= 15 is 0 Å². The molecule has 3 aromatic rings. The maximum atomic E-state index is 13.1. The van der Waals surface area contributed by atoms with E-state index in [1.54, 1.807) is 38.1 Å².